The quantitative estimate of drug-likeness (QED) is 0.877. The van der Waals surface area contributed by atoms with Gasteiger partial charge in [0.05, 0.1) is 11.5 Å². The van der Waals surface area contributed by atoms with Crippen LogP contribution in [0.5, 0.6) is 0 Å². The number of halogens is 3. The van der Waals surface area contributed by atoms with Crippen LogP contribution in [0, 0.1) is 11.8 Å². The van der Waals surface area contributed by atoms with Crippen molar-refractivity contribution in [2.24, 2.45) is 11.8 Å². The van der Waals surface area contributed by atoms with Gasteiger partial charge in [0.1, 0.15) is 0 Å². The summed E-state index contributed by atoms with van der Waals surface area (Å²) in [6.45, 7) is 1.03. The zero-order chi connectivity index (χ0) is 15.5. The first kappa shape index (κ1) is 15.8. The highest BCUT2D eigenvalue weighted by Crippen LogP contribution is 2.31. The third kappa shape index (κ3) is 4.20. The van der Waals surface area contributed by atoms with Crippen LogP contribution >= 0.6 is 0 Å². The molecule has 0 bridgehead atoms. The molecule has 0 aliphatic heterocycles. The molecular weight excluding hydrogens is 283 g/mol. The number of alkyl halides is 3. The molecule has 1 aliphatic rings. The van der Waals surface area contributed by atoms with Crippen molar-refractivity contribution in [2.45, 2.75) is 32.0 Å². The van der Waals surface area contributed by atoms with Crippen molar-refractivity contribution in [2.75, 3.05) is 6.54 Å². The molecule has 0 aromatic heterocycles. The number of carboxylic acid groups (broad SMARTS) is 1. The number of benzene rings is 1. The van der Waals surface area contributed by atoms with Crippen molar-refractivity contribution in [3.63, 3.8) is 0 Å². The summed E-state index contributed by atoms with van der Waals surface area (Å²) in [7, 11) is 0. The lowest BCUT2D eigenvalue weighted by molar-refractivity contribution is -0.143. The average Bonchev–Trinajstić information content (AvgIpc) is 2.87. The molecule has 0 amide bonds. The van der Waals surface area contributed by atoms with E-state index in [0.717, 1.165) is 30.5 Å². The Morgan fingerprint density at radius 3 is 2.48 bits per heavy atom. The number of hydrogen-bond acceptors (Lipinski definition) is 2. The summed E-state index contributed by atoms with van der Waals surface area (Å²) in [6.07, 6.45) is -1.80. The highest BCUT2D eigenvalue weighted by Gasteiger charge is 2.32. The standard InChI is InChI=1S/C15H18F3NO2/c16-15(17,18)12-6-4-10(5-7-12)8-19-9-11-2-1-3-13(11)14(20)21/h4-7,11,13,19H,1-3,8-9H2,(H,20,21). The molecule has 2 N–H and O–H groups in total. The first-order valence-corrected chi connectivity index (χ1v) is 6.97. The Hall–Kier alpha value is -1.56. The maximum absolute atomic E-state index is 12.4. The molecule has 116 valence electrons. The molecule has 21 heavy (non-hydrogen) atoms. The lowest BCUT2D eigenvalue weighted by Crippen LogP contribution is -2.28. The van der Waals surface area contributed by atoms with Gasteiger partial charge in [-0.15, -0.1) is 0 Å². The van der Waals surface area contributed by atoms with E-state index in [4.69, 9.17) is 5.11 Å². The number of nitrogens with one attached hydrogen (secondary N) is 1. The van der Waals surface area contributed by atoms with Crippen molar-refractivity contribution in [3.05, 3.63) is 35.4 Å². The van der Waals surface area contributed by atoms with Gasteiger partial charge >= 0.3 is 12.1 Å². The van der Waals surface area contributed by atoms with Crippen LogP contribution in [0.15, 0.2) is 24.3 Å². The topological polar surface area (TPSA) is 49.3 Å². The SMILES string of the molecule is O=C(O)C1CCCC1CNCc1ccc(C(F)(F)F)cc1. The predicted molar refractivity (Wildman–Crippen MR) is 71.6 cm³/mol. The highest BCUT2D eigenvalue weighted by molar-refractivity contribution is 5.70. The minimum atomic E-state index is -4.31. The maximum Gasteiger partial charge on any atom is 0.416 e. The van der Waals surface area contributed by atoms with E-state index in [2.05, 4.69) is 5.32 Å². The van der Waals surface area contributed by atoms with Gasteiger partial charge in [-0.3, -0.25) is 4.79 Å². The third-order valence-corrected chi connectivity index (χ3v) is 3.99. The summed E-state index contributed by atoms with van der Waals surface area (Å²) >= 11 is 0. The Balaban J connectivity index is 1.82. The summed E-state index contributed by atoms with van der Waals surface area (Å²) in [6, 6.07) is 5.01. The van der Waals surface area contributed by atoms with E-state index >= 15 is 0 Å². The van der Waals surface area contributed by atoms with Gasteiger partial charge in [0.15, 0.2) is 0 Å². The van der Waals surface area contributed by atoms with Gasteiger partial charge in [0.25, 0.3) is 0 Å². The Labute approximate surface area is 121 Å². The first-order chi connectivity index (χ1) is 9.88. The Morgan fingerprint density at radius 2 is 1.90 bits per heavy atom. The van der Waals surface area contributed by atoms with Gasteiger partial charge in [-0.25, -0.2) is 0 Å². The second-order valence-electron chi connectivity index (χ2n) is 5.46. The molecule has 2 unspecified atom stereocenters. The van der Waals surface area contributed by atoms with Crippen LogP contribution in [-0.2, 0) is 17.5 Å². The molecule has 0 radical (unpaired) electrons. The van der Waals surface area contributed by atoms with Crippen molar-refractivity contribution in [3.8, 4) is 0 Å². The van der Waals surface area contributed by atoms with E-state index < -0.39 is 17.7 Å². The van der Waals surface area contributed by atoms with E-state index in [9.17, 15) is 18.0 Å². The number of carboxylic acids is 1. The van der Waals surface area contributed by atoms with Crippen molar-refractivity contribution < 1.29 is 23.1 Å². The fourth-order valence-corrected chi connectivity index (χ4v) is 2.82. The van der Waals surface area contributed by atoms with E-state index in [1.807, 2.05) is 0 Å². The second kappa shape index (κ2) is 6.47. The molecule has 3 nitrogen and oxygen atoms in total. The molecule has 0 spiro atoms. The van der Waals surface area contributed by atoms with Gasteiger partial charge in [-0.2, -0.15) is 13.2 Å². The minimum absolute atomic E-state index is 0.108. The van der Waals surface area contributed by atoms with Crippen LogP contribution in [-0.4, -0.2) is 17.6 Å². The summed E-state index contributed by atoms with van der Waals surface area (Å²) in [5.41, 5.74) is 0.0980. The van der Waals surface area contributed by atoms with Crippen LogP contribution in [0.25, 0.3) is 0 Å². The summed E-state index contributed by atoms with van der Waals surface area (Å²) in [5, 5.41) is 12.2. The molecule has 0 saturated heterocycles. The van der Waals surface area contributed by atoms with Crippen LogP contribution in [0.1, 0.15) is 30.4 Å². The lowest BCUT2D eigenvalue weighted by atomic mass is 9.96. The molecule has 2 rings (SSSR count). The van der Waals surface area contributed by atoms with E-state index in [-0.39, 0.29) is 11.8 Å². The fraction of sp³-hybridized carbons (Fsp3) is 0.533. The molecule has 1 aromatic carbocycles. The van der Waals surface area contributed by atoms with Crippen LogP contribution in [0.3, 0.4) is 0 Å². The van der Waals surface area contributed by atoms with Crippen molar-refractivity contribution >= 4 is 5.97 Å². The smallest absolute Gasteiger partial charge is 0.416 e. The zero-order valence-electron chi connectivity index (χ0n) is 11.5. The Bertz CT molecular complexity index is 485. The molecular formula is C15H18F3NO2. The highest BCUT2D eigenvalue weighted by atomic mass is 19.4. The van der Waals surface area contributed by atoms with Crippen molar-refractivity contribution in [1.29, 1.82) is 0 Å². The van der Waals surface area contributed by atoms with Crippen LogP contribution < -0.4 is 5.32 Å². The maximum atomic E-state index is 12.4. The van der Waals surface area contributed by atoms with E-state index in [1.54, 1.807) is 0 Å². The van der Waals surface area contributed by atoms with E-state index in [0.29, 0.717) is 19.5 Å². The summed E-state index contributed by atoms with van der Waals surface area (Å²) in [4.78, 5) is 11.0. The number of hydrogen-bond donors (Lipinski definition) is 2. The predicted octanol–water partition coefficient (Wildman–Crippen LogP) is 3.30. The van der Waals surface area contributed by atoms with Gasteiger partial charge < -0.3 is 10.4 Å². The monoisotopic (exact) mass is 301 g/mol. The summed E-state index contributed by atoms with van der Waals surface area (Å²) in [5.74, 6) is -0.948. The third-order valence-electron chi connectivity index (χ3n) is 3.99. The molecule has 1 saturated carbocycles. The number of aliphatic carboxylic acids is 1. The van der Waals surface area contributed by atoms with Crippen molar-refractivity contribution in [1.82, 2.24) is 5.32 Å². The number of rotatable bonds is 5. The molecule has 0 heterocycles. The zero-order valence-corrected chi connectivity index (χ0v) is 11.5. The van der Waals surface area contributed by atoms with E-state index in [1.165, 1.54) is 12.1 Å². The normalized spacial score (nSPS) is 22.4. The Kier molecular flexibility index (Phi) is 4.88. The summed E-state index contributed by atoms with van der Waals surface area (Å²) < 4.78 is 37.3. The minimum Gasteiger partial charge on any atom is -0.481 e. The molecule has 1 aromatic rings. The second-order valence-corrected chi connectivity index (χ2v) is 5.46. The molecule has 1 aliphatic carbocycles. The van der Waals surface area contributed by atoms with Crippen LogP contribution in [0.4, 0.5) is 13.2 Å². The van der Waals surface area contributed by atoms with Gasteiger partial charge in [0, 0.05) is 6.54 Å². The van der Waals surface area contributed by atoms with Gasteiger partial charge in [-0.05, 0) is 43.0 Å². The first-order valence-electron chi connectivity index (χ1n) is 6.97. The average molecular weight is 301 g/mol. The molecule has 1 fully saturated rings. The van der Waals surface area contributed by atoms with Gasteiger partial charge in [-0.1, -0.05) is 18.6 Å². The van der Waals surface area contributed by atoms with Crippen LogP contribution in [0.2, 0.25) is 0 Å². The lowest BCUT2D eigenvalue weighted by Gasteiger charge is -2.16. The fourth-order valence-electron chi connectivity index (χ4n) is 2.82. The molecule has 2 atom stereocenters. The van der Waals surface area contributed by atoms with Gasteiger partial charge in [0.2, 0.25) is 0 Å². The Morgan fingerprint density at radius 1 is 1.24 bits per heavy atom. The molecule has 6 heteroatoms. The number of carbonyl (C=O) groups is 1. The largest absolute Gasteiger partial charge is 0.481 e.